The zero-order chi connectivity index (χ0) is 22.3. The van der Waals surface area contributed by atoms with Gasteiger partial charge in [0.25, 0.3) is 0 Å². The van der Waals surface area contributed by atoms with Crippen molar-refractivity contribution < 1.29 is 9.94 Å². The first-order valence-corrected chi connectivity index (χ1v) is 13.4. The Morgan fingerprint density at radius 1 is 0.633 bits per heavy atom. The molecule has 0 aromatic carbocycles. The van der Waals surface area contributed by atoms with Crippen LogP contribution in [0, 0.1) is 0 Å². The van der Waals surface area contributed by atoms with E-state index in [9.17, 15) is 5.21 Å². The van der Waals surface area contributed by atoms with Crippen LogP contribution in [0.4, 0.5) is 0 Å². The molecule has 1 aliphatic rings. The maximum Gasteiger partial charge on any atom is 0.0611 e. The third-order valence-corrected chi connectivity index (χ3v) is 6.91. The largest absolute Gasteiger partial charge is 0.378 e. The molecule has 1 rings (SSSR count). The molecule has 179 valence electrons. The van der Waals surface area contributed by atoms with Crippen molar-refractivity contribution in [3.05, 3.63) is 0 Å². The second kappa shape index (κ2) is 15.6. The van der Waals surface area contributed by atoms with Crippen molar-refractivity contribution in [2.24, 2.45) is 0 Å². The number of nitrogens with zero attached hydrogens (tertiary/aromatic N) is 1. The summed E-state index contributed by atoms with van der Waals surface area (Å²) >= 11 is 0. The van der Waals surface area contributed by atoms with Crippen molar-refractivity contribution in [3.63, 3.8) is 0 Å². The van der Waals surface area contributed by atoms with Gasteiger partial charge in [-0.2, -0.15) is 0 Å². The Morgan fingerprint density at radius 3 is 1.33 bits per heavy atom. The van der Waals surface area contributed by atoms with Crippen LogP contribution >= 0.6 is 0 Å². The summed E-state index contributed by atoms with van der Waals surface area (Å²) in [5, 5.41) is 13.7. The van der Waals surface area contributed by atoms with Gasteiger partial charge < -0.3 is 4.74 Å². The van der Waals surface area contributed by atoms with Crippen LogP contribution < -0.4 is 0 Å². The summed E-state index contributed by atoms with van der Waals surface area (Å²) in [7, 11) is 0. The molecule has 0 aromatic heterocycles. The van der Waals surface area contributed by atoms with Crippen LogP contribution in [0.3, 0.4) is 0 Å². The van der Waals surface area contributed by atoms with E-state index in [1.165, 1.54) is 101 Å². The molecule has 0 spiro atoms. The molecular weight excluding hydrogens is 370 g/mol. The normalized spacial score (nSPS) is 19.4. The molecule has 0 bridgehead atoms. The molecule has 0 saturated carbocycles. The lowest BCUT2D eigenvalue weighted by atomic mass is 9.80. The summed E-state index contributed by atoms with van der Waals surface area (Å²) in [4.78, 5) is 0. The number of hydroxylamine groups is 2. The molecule has 3 heteroatoms. The Hall–Kier alpha value is -0.120. The van der Waals surface area contributed by atoms with Crippen molar-refractivity contribution in [1.82, 2.24) is 5.06 Å². The third kappa shape index (κ3) is 12.1. The van der Waals surface area contributed by atoms with Crippen LogP contribution in [-0.4, -0.2) is 28.9 Å². The number of hydrogen-bond donors (Lipinski definition) is 0. The molecule has 0 atom stereocenters. The van der Waals surface area contributed by atoms with Crippen LogP contribution in [-0.2, 0) is 9.94 Å². The van der Waals surface area contributed by atoms with E-state index >= 15 is 0 Å². The van der Waals surface area contributed by atoms with Gasteiger partial charge in [0.1, 0.15) is 0 Å². The molecular formula is C27H54NO2. The zero-order valence-electron chi connectivity index (χ0n) is 21.3. The van der Waals surface area contributed by atoms with Gasteiger partial charge in [-0.05, 0) is 47.0 Å². The number of unbranched alkanes of at least 4 members (excludes halogenated alkanes) is 15. The van der Waals surface area contributed by atoms with Crippen molar-refractivity contribution >= 4 is 0 Å². The second-order valence-corrected chi connectivity index (χ2v) is 11.1. The molecule has 0 aromatic rings. The highest BCUT2D eigenvalue weighted by atomic mass is 16.5. The minimum absolute atomic E-state index is 0.233. The van der Waals surface area contributed by atoms with E-state index in [0.717, 1.165) is 25.9 Å². The highest BCUT2D eigenvalue weighted by Gasteiger charge is 2.46. The monoisotopic (exact) mass is 424 g/mol. The predicted octanol–water partition coefficient (Wildman–Crippen LogP) is 8.63. The van der Waals surface area contributed by atoms with Gasteiger partial charge in [0.2, 0.25) is 0 Å². The molecule has 1 saturated heterocycles. The van der Waals surface area contributed by atoms with E-state index in [2.05, 4.69) is 6.92 Å². The van der Waals surface area contributed by atoms with Gasteiger partial charge in [-0.3, -0.25) is 0 Å². The van der Waals surface area contributed by atoms with Crippen molar-refractivity contribution in [1.29, 1.82) is 0 Å². The van der Waals surface area contributed by atoms with Gasteiger partial charge in [0, 0.05) is 17.7 Å². The molecule has 1 heterocycles. The summed E-state index contributed by atoms with van der Waals surface area (Å²) in [5.74, 6) is 0. The van der Waals surface area contributed by atoms with Gasteiger partial charge in [0.15, 0.2) is 0 Å². The van der Waals surface area contributed by atoms with Crippen LogP contribution in [0.2, 0.25) is 0 Å². The van der Waals surface area contributed by atoms with Crippen LogP contribution in [0.15, 0.2) is 0 Å². The second-order valence-electron chi connectivity index (χ2n) is 11.1. The van der Waals surface area contributed by atoms with Crippen molar-refractivity contribution in [3.8, 4) is 0 Å². The first kappa shape index (κ1) is 27.9. The number of rotatable bonds is 18. The standard InChI is InChI=1S/C27H54NO2/c1-6-7-8-9-10-11-12-13-14-15-16-17-18-19-20-21-22-30-25-23-26(2,3)28(29)27(4,5)24-25/h25H,6-24H2,1-5H3. The summed E-state index contributed by atoms with van der Waals surface area (Å²) in [6, 6.07) is 0. The van der Waals surface area contributed by atoms with Gasteiger partial charge in [-0.1, -0.05) is 103 Å². The molecule has 1 radical (unpaired) electrons. The number of hydrogen-bond acceptors (Lipinski definition) is 2. The van der Waals surface area contributed by atoms with Gasteiger partial charge in [-0.25, -0.2) is 0 Å². The lowest BCUT2D eigenvalue weighted by Gasteiger charge is -2.49. The topological polar surface area (TPSA) is 32.4 Å². The highest BCUT2D eigenvalue weighted by molar-refractivity contribution is 4.96. The summed E-state index contributed by atoms with van der Waals surface area (Å²) < 4.78 is 6.16. The molecule has 0 amide bonds. The average molecular weight is 425 g/mol. The molecule has 3 nitrogen and oxygen atoms in total. The Bertz CT molecular complexity index is 390. The lowest BCUT2D eigenvalue weighted by molar-refractivity contribution is -0.301. The Morgan fingerprint density at radius 2 is 0.967 bits per heavy atom. The van der Waals surface area contributed by atoms with E-state index in [0.29, 0.717) is 0 Å². The van der Waals surface area contributed by atoms with E-state index < -0.39 is 0 Å². The van der Waals surface area contributed by atoms with Crippen LogP contribution in [0.25, 0.3) is 0 Å². The van der Waals surface area contributed by atoms with Gasteiger partial charge in [0.05, 0.1) is 6.10 Å². The van der Waals surface area contributed by atoms with E-state index in [4.69, 9.17) is 4.74 Å². The summed E-state index contributed by atoms with van der Waals surface area (Å²) in [6.45, 7) is 11.3. The molecule has 0 N–H and O–H groups in total. The molecule has 0 aliphatic carbocycles. The summed E-state index contributed by atoms with van der Waals surface area (Å²) in [5.41, 5.74) is -0.637. The molecule has 0 unspecified atom stereocenters. The lowest BCUT2D eigenvalue weighted by Crippen LogP contribution is -2.59. The van der Waals surface area contributed by atoms with Crippen molar-refractivity contribution in [2.45, 2.75) is 167 Å². The van der Waals surface area contributed by atoms with E-state index in [1.807, 2.05) is 27.7 Å². The highest BCUT2D eigenvalue weighted by Crippen LogP contribution is 2.38. The Kier molecular flexibility index (Phi) is 14.6. The minimum Gasteiger partial charge on any atom is -0.378 e. The first-order valence-electron chi connectivity index (χ1n) is 13.4. The smallest absolute Gasteiger partial charge is 0.0611 e. The fraction of sp³-hybridized carbons (Fsp3) is 1.00. The quantitative estimate of drug-likeness (QED) is 0.206. The SMILES string of the molecule is CCCCCCCCCCCCCCCCCCOC1CC(C)(C)N([O])C(C)(C)C1. The fourth-order valence-corrected chi connectivity index (χ4v) is 5.19. The van der Waals surface area contributed by atoms with E-state index in [1.54, 1.807) is 0 Å². The summed E-state index contributed by atoms with van der Waals surface area (Å²) in [6.07, 6.45) is 24.3. The number of ether oxygens (including phenoxy) is 1. The van der Waals surface area contributed by atoms with Crippen LogP contribution in [0.5, 0.6) is 0 Å². The maximum absolute atomic E-state index is 12.4. The molecule has 30 heavy (non-hydrogen) atoms. The maximum atomic E-state index is 12.4. The van der Waals surface area contributed by atoms with Crippen LogP contribution in [0.1, 0.15) is 150 Å². The minimum atomic E-state index is -0.318. The van der Waals surface area contributed by atoms with E-state index in [-0.39, 0.29) is 17.2 Å². The van der Waals surface area contributed by atoms with Gasteiger partial charge >= 0.3 is 0 Å². The fourth-order valence-electron chi connectivity index (χ4n) is 5.19. The molecule has 1 fully saturated rings. The Balaban J connectivity index is 1.86. The average Bonchev–Trinajstić information content (AvgIpc) is 2.68. The first-order chi connectivity index (χ1) is 14.3. The number of piperidine rings is 1. The Labute approximate surface area is 189 Å². The molecule has 1 aliphatic heterocycles. The van der Waals surface area contributed by atoms with Crippen molar-refractivity contribution in [2.75, 3.05) is 6.61 Å². The van der Waals surface area contributed by atoms with Gasteiger partial charge in [-0.15, -0.1) is 10.3 Å². The zero-order valence-corrected chi connectivity index (χ0v) is 21.3. The third-order valence-electron chi connectivity index (χ3n) is 6.91. The predicted molar refractivity (Wildman–Crippen MR) is 129 cm³/mol.